The van der Waals surface area contributed by atoms with Crippen molar-refractivity contribution in [3.8, 4) is 0 Å². The number of ether oxygens (including phenoxy) is 4. The fraction of sp³-hybridized carbons (Fsp3) is 0.667. The van der Waals surface area contributed by atoms with Crippen molar-refractivity contribution in [3.05, 3.63) is 23.8 Å². The molecule has 0 spiro atoms. The van der Waals surface area contributed by atoms with Crippen molar-refractivity contribution >= 4 is 17.9 Å². The molecule has 7 nitrogen and oxygen atoms in total. The van der Waals surface area contributed by atoms with Gasteiger partial charge >= 0.3 is 17.9 Å². The molecule has 2 aliphatic heterocycles. The van der Waals surface area contributed by atoms with Gasteiger partial charge in [-0.1, -0.05) is 20.4 Å². The summed E-state index contributed by atoms with van der Waals surface area (Å²) in [7, 11) is 0. The predicted molar refractivity (Wildman–Crippen MR) is 99.1 cm³/mol. The quantitative estimate of drug-likeness (QED) is 0.240. The molecule has 0 aromatic heterocycles. The first-order valence-corrected chi connectivity index (χ1v) is 9.65. The Morgan fingerprint density at radius 1 is 1.32 bits per heavy atom. The molecule has 0 aromatic rings. The van der Waals surface area contributed by atoms with E-state index in [0.29, 0.717) is 12.8 Å². The second-order valence-corrected chi connectivity index (χ2v) is 8.42. The average Bonchev–Trinajstić information content (AvgIpc) is 3.11. The zero-order valence-electron chi connectivity index (χ0n) is 17.0. The fourth-order valence-corrected chi connectivity index (χ4v) is 3.96. The van der Waals surface area contributed by atoms with Crippen LogP contribution in [-0.2, 0) is 33.3 Å². The van der Waals surface area contributed by atoms with Crippen LogP contribution in [0.25, 0.3) is 0 Å². The van der Waals surface area contributed by atoms with Crippen molar-refractivity contribution in [1.82, 2.24) is 0 Å². The van der Waals surface area contributed by atoms with E-state index in [-0.39, 0.29) is 29.5 Å². The molecule has 0 unspecified atom stereocenters. The molecule has 6 atom stereocenters. The van der Waals surface area contributed by atoms with Crippen LogP contribution in [-0.4, -0.2) is 47.9 Å². The minimum atomic E-state index is -0.637. The van der Waals surface area contributed by atoms with Crippen LogP contribution in [0, 0.1) is 11.8 Å². The van der Waals surface area contributed by atoms with Gasteiger partial charge in [0.25, 0.3) is 0 Å². The summed E-state index contributed by atoms with van der Waals surface area (Å²) in [6.45, 7) is 12.5. The summed E-state index contributed by atoms with van der Waals surface area (Å²) in [5.74, 6) is -2.04. The summed E-state index contributed by atoms with van der Waals surface area (Å²) < 4.78 is 22.7. The van der Waals surface area contributed by atoms with Gasteiger partial charge in [-0.15, -0.1) is 0 Å². The van der Waals surface area contributed by atoms with Crippen molar-refractivity contribution in [1.29, 1.82) is 0 Å². The third-order valence-electron chi connectivity index (χ3n) is 5.71. The Kier molecular flexibility index (Phi) is 5.40. The third-order valence-corrected chi connectivity index (χ3v) is 5.71. The van der Waals surface area contributed by atoms with Crippen LogP contribution >= 0.6 is 0 Å². The monoisotopic (exact) mass is 392 g/mol. The molecule has 3 aliphatic rings. The number of fused-ring (bicyclic) bond motifs is 2. The van der Waals surface area contributed by atoms with E-state index in [9.17, 15) is 14.4 Å². The van der Waals surface area contributed by atoms with Gasteiger partial charge < -0.3 is 18.9 Å². The van der Waals surface area contributed by atoms with E-state index in [1.165, 1.54) is 6.92 Å². The van der Waals surface area contributed by atoms with E-state index in [2.05, 4.69) is 6.58 Å². The number of carbonyl (C=O) groups excluding carboxylic acids is 3. The smallest absolute Gasteiger partial charge is 0.334 e. The maximum atomic E-state index is 12.3. The average molecular weight is 392 g/mol. The van der Waals surface area contributed by atoms with Crippen LogP contribution in [0.2, 0.25) is 0 Å². The number of hydrogen-bond donors (Lipinski definition) is 0. The molecule has 1 aliphatic carbocycles. The molecule has 0 aromatic carbocycles. The van der Waals surface area contributed by atoms with E-state index in [1.54, 1.807) is 19.9 Å². The molecule has 2 fully saturated rings. The molecule has 3 rings (SSSR count). The minimum Gasteiger partial charge on any atom is -0.461 e. The largest absolute Gasteiger partial charge is 0.461 e. The molecular weight excluding hydrogens is 364 g/mol. The first kappa shape index (κ1) is 20.6. The molecule has 2 saturated heterocycles. The van der Waals surface area contributed by atoms with Crippen LogP contribution in [0.4, 0.5) is 0 Å². The van der Waals surface area contributed by atoms with Gasteiger partial charge in [-0.05, 0) is 25.5 Å². The van der Waals surface area contributed by atoms with Gasteiger partial charge in [-0.3, -0.25) is 9.59 Å². The maximum Gasteiger partial charge on any atom is 0.334 e. The first-order valence-electron chi connectivity index (χ1n) is 9.65. The number of carbonyl (C=O) groups is 3. The number of rotatable bonds is 3. The van der Waals surface area contributed by atoms with Crippen LogP contribution in [0.3, 0.4) is 0 Å². The molecule has 28 heavy (non-hydrogen) atoms. The van der Waals surface area contributed by atoms with Crippen molar-refractivity contribution in [2.24, 2.45) is 11.8 Å². The highest BCUT2D eigenvalue weighted by molar-refractivity contribution is 5.91. The Hall–Kier alpha value is -2.15. The zero-order valence-corrected chi connectivity index (χ0v) is 17.0. The van der Waals surface area contributed by atoms with E-state index < -0.39 is 35.8 Å². The summed E-state index contributed by atoms with van der Waals surface area (Å²) >= 11 is 0. The maximum absolute atomic E-state index is 12.3. The topological polar surface area (TPSA) is 91.4 Å². The summed E-state index contributed by atoms with van der Waals surface area (Å²) in [4.78, 5) is 36.1. The van der Waals surface area contributed by atoms with Crippen molar-refractivity contribution in [2.75, 3.05) is 0 Å². The highest BCUT2D eigenvalue weighted by atomic mass is 16.6. The molecule has 7 heteroatoms. The van der Waals surface area contributed by atoms with Crippen LogP contribution in [0.15, 0.2) is 23.8 Å². The Balaban J connectivity index is 1.98. The normalized spacial score (nSPS) is 39.2. The first-order chi connectivity index (χ1) is 13.0. The second kappa shape index (κ2) is 7.35. The van der Waals surface area contributed by atoms with Gasteiger partial charge in [-0.25, -0.2) is 4.79 Å². The van der Waals surface area contributed by atoms with Crippen molar-refractivity contribution in [3.63, 3.8) is 0 Å². The molecule has 0 radical (unpaired) electrons. The Bertz CT molecular complexity index is 737. The number of epoxide rings is 1. The molecule has 154 valence electrons. The number of esters is 3. The van der Waals surface area contributed by atoms with Gasteiger partial charge in [-0.2, -0.15) is 0 Å². The molecule has 0 N–H and O–H groups in total. The standard InChI is InChI=1S/C21H28O7/c1-10(2)19(23)27-16-9-21(6)17(28-21)8-14(25-13(5)22)11(3)7-15-18(16)12(4)20(24)26-15/h7,10,14-18H,4,8-9H2,1-3,5-6H3/b11-7-/t14-,15+,16+,17+,18-,21+/m0/s1. The summed E-state index contributed by atoms with van der Waals surface area (Å²) in [5, 5.41) is 0. The van der Waals surface area contributed by atoms with E-state index in [0.717, 1.165) is 5.57 Å². The number of hydrogen-bond acceptors (Lipinski definition) is 7. The Labute approximate surface area is 165 Å². The van der Waals surface area contributed by atoms with Gasteiger partial charge in [0.05, 0.1) is 23.5 Å². The van der Waals surface area contributed by atoms with E-state index in [4.69, 9.17) is 18.9 Å². The predicted octanol–water partition coefficient (Wildman–Crippen LogP) is 2.48. The Morgan fingerprint density at radius 3 is 2.61 bits per heavy atom. The Morgan fingerprint density at radius 2 is 2.00 bits per heavy atom. The van der Waals surface area contributed by atoms with E-state index >= 15 is 0 Å². The van der Waals surface area contributed by atoms with Gasteiger partial charge in [0.2, 0.25) is 0 Å². The molecule has 0 saturated carbocycles. The summed E-state index contributed by atoms with van der Waals surface area (Å²) in [6, 6.07) is 0. The van der Waals surface area contributed by atoms with Crippen LogP contribution < -0.4 is 0 Å². The molecule has 0 amide bonds. The zero-order chi connectivity index (χ0) is 20.8. The van der Waals surface area contributed by atoms with Gasteiger partial charge in [0.15, 0.2) is 0 Å². The molecule has 0 bridgehead atoms. The van der Waals surface area contributed by atoms with Crippen molar-refractivity contribution in [2.45, 2.75) is 77.5 Å². The highest BCUT2D eigenvalue weighted by Crippen LogP contribution is 2.48. The molecule has 2 heterocycles. The minimum absolute atomic E-state index is 0.136. The highest BCUT2D eigenvalue weighted by Gasteiger charge is 2.58. The summed E-state index contributed by atoms with van der Waals surface area (Å²) in [5.41, 5.74) is 0.511. The second-order valence-electron chi connectivity index (χ2n) is 8.42. The van der Waals surface area contributed by atoms with Crippen LogP contribution in [0.1, 0.15) is 47.5 Å². The lowest BCUT2D eigenvalue weighted by Gasteiger charge is -2.30. The molecular formula is C21H28O7. The van der Waals surface area contributed by atoms with Gasteiger partial charge in [0.1, 0.15) is 18.3 Å². The van der Waals surface area contributed by atoms with Crippen LogP contribution in [0.5, 0.6) is 0 Å². The summed E-state index contributed by atoms with van der Waals surface area (Å²) in [6.07, 6.45) is 0.846. The third kappa shape index (κ3) is 3.99. The lowest BCUT2D eigenvalue weighted by Crippen LogP contribution is -2.38. The van der Waals surface area contributed by atoms with Crippen molar-refractivity contribution < 1.29 is 33.3 Å². The SMILES string of the molecule is C=C1C(=O)O[C@@H]2/C=C(/C)[C@@H](OC(C)=O)C[C@H]3O[C@]3(C)C[C@@H](OC(=O)C(C)C)[C@@H]12. The fourth-order valence-electron chi connectivity index (χ4n) is 3.96. The van der Waals surface area contributed by atoms with E-state index in [1.807, 2.05) is 13.8 Å². The van der Waals surface area contributed by atoms with Gasteiger partial charge in [0, 0.05) is 25.3 Å². The lowest BCUT2D eigenvalue weighted by atomic mass is 9.82. The lowest BCUT2D eigenvalue weighted by molar-refractivity contribution is -0.157.